The van der Waals surface area contributed by atoms with Gasteiger partial charge in [0.15, 0.2) is 0 Å². The molecule has 0 atom stereocenters. The van der Waals surface area contributed by atoms with E-state index in [1.165, 1.54) is 18.5 Å². The number of nitrogens with zero attached hydrogens (tertiary/aromatic N) is 3. The lowest BCUT2D eigenvalue weighted by Crippen LogP contribution is -2.22. The molecule has 3 aromatic heterocycles. The molecule has 0 aliphatic heterocycles. The fourth-order valence-electron chi connectivity index (χ4n) is 2.02. The molecule has 22 heavy (non-hydrogen) atoms. The number of pyridine rings is 2. The molecular formula is C15H13N5O2. The Bertz CT molecular complexity index is 864. The molecule has 3 aromatic rings. The number of carbonyl (C=O) groups excluding carboxylic acids is 1. The minimum atomic E-state index is -0.477. The van der Waals surface area contributed by atoms with Crippen molar-refractivity contribution in [2.75, 3.05) is 5.32 Å². The second-order valence-corrected chi connectivity index (χ2v) is 4.62. The molecule has 1 amide bonds. The highest BCUT2D eigenvalue weighted by molar-refractivity contribution is 6.03. The van der Waals surface area contributed by atoms with Crippen LogP contribution in [0.15, 0.2) is 53.8 Å². The van der Waals surface area contributed by atoms with E-state index in [-0.39, 0.29) is 5.56 Å². The Morgan fingerprint density at radius 1 is 1.27 bits per heavy atom. The molecule has 3 heterocycles. The van der Waals surface area contributed by atoms with E-state index in [0.717, 1.165) is 5.82 Å². The van der Waals surface area contributed by atoms with Gasteiger partial charge in [-0.1, -0.05) is 0 Å². The van der Waals surface area contributed by atoms with Crippen LogP contribution in [0.3, 0.4) is 0 Å². The maximum absolute atomic E-state index is 12.0. The van der Waals surface area contributed by atoms with E-state index >= 15 is 0 Å². The van der Waals surface area contributed by atoms with Gasteiger partial charge < -0.3 is 10.3 Å². The Balaban J connectivity index is 1.80. The largest absolute Gasteiger partial charge is 0.328 e. The summed E-state index contributed by atoms with van der Waals surface area (Å²) in [5, 5.41) is 2.64. The van der Waals surface area contributed by atoms with Crippen LogP contribution >= 0.6 is 0 Å². The predicted octanol–water partition coefficient (Wildman–Crippen LogP) is 1.52. The molecule has 0 spiro atoms. The molecule has 0 saturated heterocycles. The number of aromatic amines is 1. The zero-order valence-electron chi connectivity index (χ0n) is 11.8. The lowest BCUT2D eigenvalue weighted by atomic mass is 10.2. The standard InChI is InChI=1S/C15H13N5O2/c1-10-16-7-8-20(10)13-5-4-11(9-18-13)19-15(22)12-3-2-6-17-14(12)21/h2-9H,1H3,(H,17,21)(H,19,22). The maximum Gasteiger partial charge on any atom is 0.261 e. The van der Waals surface area contributed by atoms with E-state index in [2.05, 4.69) is 20.3 Å². The second-order valence-electron chi connectivity index (χ2n) is 4.62. The number of H-pyrrole nitrogens is 1. The van der Waals surface area contributed by atoms with Crippen molar-refractivity contribution < 1.29 is 4.79 Å². The Kier molecular flexibility index (Phi) is 3.53. The Morgan fingerprint density at radius 3 is 2.77 bits per heavy atom. The van der Waals surface area contributed by atoms with Crippen molar-refractivity contribution in [3.8, 4) is 5.82 Å². The highest BCUT2D eigenvalue weighted by Gasteiger charge is 2.10. The van der Waals surface area contributed by atoms with E-state index in [1.54, 1.807) is 30.6 Å². The van der Waals surface area contributed by atoms with Crippen LogP contribution in [-0.2, 0) is 0 Å². The number of anilines is 1. The number of imidazole rings is 1. The van der Waals surface area contributed by atoms with Crippen molar-refractivity contribution in [2.24, 2.45) is 0 Å². The second kappa shape index (κ2) is 5.65. The molecule has 0 aromatic carbocycles. The third kappa shape index (κ3) is 2.64. The summed E-state index contributed by atoms with van der Waals surface area (Å²) in [6.45, 7) is 1.87. The average Bonchev–Trinajstić information content (AvgIpc) is 2.94. The minimum absolute atomic E-state index is 0.0528. The number of hydrogen-bond donors (Lipinski definition) is 2. The number of aromatic nitrogens is 4. The van der Waals surface area contributed by atoms with Crippen molar-refractivity contribution in [3.63, 3.8) is 0 Å². The molecule has 0 aliphatic carbocycles. The van der Waals surface area contributed by atoms with Crippen LogP contribution < -0.4 is 10.9 Å². The first kappa shape index (κ1) is 13.7. The molecule has 0 fully saturated rings. The normalized spacial score (nSPS) is 10.4. The van der Waals surface area contributed by atoms with E-state index < -0.39 is 11.5 Å². The van der Waals surface area contributed by atoms with Crippen LogP contribution in [0.5, 0.6) is 0 Å². The van der Waals surface area contributed by atoms with Crippen LogP contribution in [0.1, 0.15) is 16.2 Å². The van der Waals surface area contributed by atoms with Gasteiger partial charge in [-0.25, -0.2) is 9.97 Å². The number of hydrogen-bond acceptors (Lipinski definition) is 4. The van der Waals surface area contributed by atoms with Gasteiger partial charge >= 0.3 is 0 Å². The van der Waals surface area contributed by atoms with Gasteiger partial charge in [0.1, 0.15) is 17.2 Å². The summed E-state index contributed by atoms with van der Waals surface area (Å²) in [4.78, 5) is 34.4. The smallest absolute Gasteiger partial charge is 0.261 e. The number of aryl methyl sites for hydroxylation is 1. The number of amides is 1. The first-order chi connectivity index (χ1) is 10.6. The van der Waals surface area contributed by atoms with Crippen LogP contribution in [0.4, 0.5) is 5.69 Å². The quantitative estimate of drug-likeness (QED) is 0.766. The van der Waals surface area contributed by atoms with E-state index in [4.69, 9.17) is 0 Å². The van der Waals surface area contributed by atoms with Crippen molar-refractivity contribution in [1.29, 1.82) is 0 Å². The fourth-order valence-corrected chi connectivity index (χ4v) is 2.02. The van der Waals surface area contributed by atoms with Gasteiger partial charge in [-0.3, -0.25) is 14.2 Å². The molecule has 0 aliphatic rings. The van der Waals surface area contributed by atoms with Crippen LogP contribution in [-0.4, -0.2) is 25.4 Å². The first-order valence-corrected chi connectivity index (χ1v) is 6.60. The monoisotopic (exact) mass is 295 g/mol. The third-order valence-electron chi connectivity index (χ3n) is 3.14. The van der Waals surface area contributed by atoms with Crippen molar-refractivity contribution in [1.82, 2.24) is 19.5 Å². The SMILES string of the molecule is Cc1nccn1-c1ccc(NC(=O)c2ccc[nH]c2=O)cn1. The Hall–Kier alpha value is -3.22. The lowest BCUT2D eigenvalue weighted by Gasteiger charge is -2.07. The third-order valence-corrected chi connectivity index (χ3v) is 3.14. The summed E-state index contributed by atoms with van der Waals surface area (Å²) in [6, 6.07) is 6.54. The highest BCUT2D eigenvalue weighted by atomic mass is 16.2. The predicted molar refractivity (Wildman–Crippen MR) is 81.1 cm³/mol. The summed E-state index contributed by atoms with van der Waals surface area (Å²) < 4.78 is 1.83. The summed E-state index contributed by atoms with van der Waals surface area (Å²) in [7, 11) is 0. The maximum atomic E-state index is 12.0. The topological polar surface area (TPSA) is 92.7 Å². The lowest BCUT2D eigenvalue weighted by molar-refractivity contribution is 0.102. The molecule has 110 valence electrons. The van der Waals surface area contributed by atoms with E-state index in [0.29, 0.717) is 11.5 Å². The fraction of sp³-hybridized carbons (Fsp3) is 0.0667. The molecule has 0 unspecified atom stereocenters. The molecule has 7 heteroatoms. The summed E-state index contributed by atoms with van der Waals surface area (Å²) in [6.07, 6.45) is 6.50. The van der Waals surface area contributed by atoms with Gasteiger partial charge in [0.25, 0.3) is 11.5 Å². The van der Waals surface area contributed by atoms with Gasteiger partial charge in [0, 0.05) is 18.6 Å². The zero-order valence-corrected chi connectivity index (χ0v) is 11.8. The first-order valence-electron chi connectivity index (χ1n) is 6.60. The number of nitrogens with one attached hydrogen (secondary N) is 2. The molecule has 7 nitrogen and oxygen atoms in total. The summed E-state index contributed by atoms with van der Waals surface area (Å²) >= 11 is 0. The van der Waals surface area contributed by atoms with Gasteiger partial charge in [-0.05, 0) is 31.2 Å². The van der Waals surface area contributed by atoms with Gasteiger partial charge in [0.2, 0.25) is 0 Å². The molecular weight excluding hydrogens is 282 g/mol. The molecule has 0 radical (unpaired) electrons. The van der Waals surface area contributed by atoms with Crippen molar-refractivity contribution >= 4 is 11.6 Å². The Labute approximate surface area is 125 Å². The number of rotatable bonds is 3. The van der Waals surface area contributed by atoms with Crippen LogP contribution in [0.25, 0.3) is 5.82 Å². The molecule has 3 rings (SSSR count). The van der Waals surface area contributed by atoms with E-state index in [1.807, 2.05) is 11.5 Å². The molecule has 2 N–H and O–H groups in total. The van der Waals surface area contributed by atoms with Crippen molar-refractivity contribution in [3.05, 3.63) is 70.8 Å². The molecule has 0 bridgehead atoms. The van der Waals surface area contributed by atoms with Crippen molar-refractivity contribution in [2.45, 2.75) is 6.92 Å². The van der Waals surface area contributed by atoms with Gasteiger partial charge in [0.05, 0.1) is 11.9 Å². The van der Waals surface area contributed by atoms with Crippen LogP contribution in [0.2, 0.25) is 0 Å². The van der Waals surface area contributed by atoms with Gasteiger partial charge in [-0.15, -0.1) is 0 Å². The van der Waals surface area contributed by atoms with Gasteiger partial charge in [-0.2, -0.15) is 0 Å². The van der Waals surface area contributed by atoms with E-state index in [9.17, 15) is 9.59 Å². The summed E-state index contributed by atoms with van der Waals surface area (Å²) in [5.41, 5.74) is 0.130. The molecule has 0 saturated carbocycles. The highest BCUT2D eigenvalue weighted by Crippen LogP contribution is 2.12. The number of carbonyl (C=O) groups is 1. The zero-order chi connectivity index (χ0) is 15.5. The Morgan fingerprint density at radius 2 is 2.14 bits per heavy atom. The minimum Gasteiger partial charge on any atom is -0.328 e. The average molecular weight is 295 g/mol. The summed E-state index contributed by atoms with van der Waals surface area (Å²) in [5.74, 6) is 1.04. The van der Waals surface area contributed by atoms with Crippen LogP contribution in [0, 0.1) is 6.92 Å².